The van der Waals surface area contributed by atoms with Crippen molar-refractivity contribution in [3.63, 3.8) is 0 Å². The van der Waals surface area contributed by atoms with Gasteiger partial charge in [0.1, 0.15) is 6.04 Å². The molecule has 2 rings (SSSR count). The molecule has 102 valence electrons. The van der Waals surface area contributed by atoms with Crippen molar-refractivity contribution < 1.29 is 9.59 Å². The highest BCUT2D eigenvalue weighted by atomic mass is 16.2. The van der Waals surface area contributed by atoms with Crippen LogP contribution in [-0.2, 0) is 9.59 Å². The van der Waals surface area contributed by atoms with Gasteiger partial charge in [-0.05, 0) is 33.1 Å². The minimum absolute atomic E-state index is 0.0260. The van der Waals surface area contributed by atoms with E-state index in [0.717, 1.165) is 12.8 Å². The maximum atomic E-state index is 12.1. The molecule has 2 aliphatic heterocycles. The number of likely N-dealkylation sites (N-methyl/N-ethyl adjacent to an activating group) is 1. The number of amides is 2. The summed E-state index contributed by atoms with van der Waals surface area (Å²) in [5.74, 6) is 0.0490. The SMILES string of the molecule is CCN(C)C(=O)C(C)NC(=O)C1CC2CCC1N2. The van der Waals surface area contributed by atoms with Crippen LogP contribution in [0.2, 0.25) is 0 Å². The van der Waals surface area contributed by atoms with Crippen LogP contribution in [-0.4, -0.2) is 48.4 Å². The lowest BCUT2D eigenvalue weighted by Gasteiger charge is -2.24. The summed E-state index contributed by atoms with van der Waals surface area (Å²) in [5.41, 5.74) is 0. The maximum absolute atomic E-state index is 12.1. The van der Waals surface area contributed by atoms with Crippen molar-refractivity contribution in [2.24, 2.45) is 5.92 Å². The van der Waals surface area contributed by atoms with Crippen molar-refractivity contribution in [3.8, 4) is 0 Å². The lowest BCUT2D eigenvalue weighted by atomic mass is 9.88. The Hall–Kier alpha value is -1.10. The predicted molar refractivity (Wildman–Crippen MR) is 69.0 cm³/mol. The zero-order valence-electron chi connectivity index (χ0n) is 11.4. The van der Waals surface area contributed by atoms with Gasteiger partial charge in [-0.2, -0.15) is 0 Å². The number of hydrogen-bond acceptors (Lipinski definition) is 3. The summed E-state index contributed by atoms with van der Waals surface area (Å²) < 4.78 is 0. The van der Waals surface area contributed by atoms with E-state index >= 15 is 0 Å². The van der Waals surface area contributed by atoms with Crippen molar-refractivity contribution in [2.75, 3.05) is 13.6 Å². The minimum Gasteiger partial charge on any atom is -0.344 e. The van der Waals surface area contributed by atoms with Crippen molar-refractivity contribution in [1.82, 2.24) is 15.5 Å². The zero-order chi connectivity index (χ0) is 13.3. The number of hydrogen-bond donors (Lipinski definition) is 2. The van der Waals surface area contributed by atoms with Crippen molar-refractivity contribution in [3.05, 3.63) is 0 Å². The number of carbonyl (C=O) groups is 2. The Morgan fingerprint density at radius 1 is 1.44 bits per heavy atom. The first-order valence-corrected chi connectivity index (χ1v) is 6.84. The smallest absolute Gasteiger partial charge is 0.244 e. The van der Waals surface area contributed by atoms with Gasteiger partial charge in [0.2, 0.25) is 11.8 Å². The average Bonchev–Trinajstić information content (AvgIpc) is 2.98. The van der Waals surface area contributed by atoms with Crippen LogP contribution in [0.1, 0.15) is 33.1 Å². The summed E-state index contributed by atoms with van der Waals surface area (Å²) in [6.45, 7) is 4.34. The van der Waals surface area contributed by atoms with Crippen LogP contribution in [0, 0.1) is 5.92 Å². The molecule has 2 heterocycles. The number of nitrogens with one attached hydrogen (secondary N) is 2. The minimum atomic E-state index is -0.429. The molecule has 2 saturated heterocycles. The Kier molecular flexibility index (Phi) is 3.90. The fraction of sp³-hybridized carbons (Fsp3) is 0.846. The second kappa shape index (κ2) is 5.26. The van der Waals surface area contributed by atoms with Crippen LogP contribution in [0.4, 0.5) is 0 Å². The lowest BCUT2D eigenvalue weighted by Crippen LogP contribution is -2.48. The fourth-order valence-corrected chi connectivity index (χ4v) is 2.98. The van der Waals surface area contributed by atoms with E-state index in [9.17, 15) is 9.59 Å². The zero-order valence-corrected chi connectivity index (χ0v) is 11.4. The van der Waals surface area contributed by atoms with Gasteiger partial charge >= 0.3 is 0 Å². The van der Waals surface area contributed by atoms with Crippen LogP contribution >= 0.6 is 0 Å². The van der Waals surface area contributed by atoms with Crippen molar-refractivity contribution >= 4 is 11.8 Å². The Labute approximate surface area is 108 Å². The van der Waals surface area contributed by atoms with Gasteiger partial charge in [0.05, 0.1) is 5.92 Å². The molecule has 18 heavy (non-hydrogen) atoms. The third-order valence-corrected chi connectivity index (χ3v) is 4.22. The normalized spacial score (nSPS) is 31.2. The highest BCUT2D eigenvalue weighted by Crippen LogP contribution is 2.33. The van der Waals surface area contributed by atoms with Gasteiger partial charge in [0.25, 0.3) is 0 Å². The molecule has 5 heteroatoms. The number of rotatable bonds is 4. The molecule has 0 aromatic heterocycles. The monoisotopic (exact) mass is 253 g/mol. The van der Waals surface area contributed by atoms with E-state index < -0.39 is 6.04 Å². The summed E-state index contributed by atoms with van der Waals surface area (Å²) in [6.07, 6.45) is 3.18. The summed E-state index contributed by atoms with van der Waals surface area (Å²) in [5, 5.41) is 6.29. The second-order valence-corrected chi connectivity index (χ2v) is 5.47. The fourth-order valence-electron chi connectivity index (χ4n) is 2.98. The standard InChI is InChI=1S/C13H23N3O2/c1-4-16(3)13(18)8(2)14-12(17)10-7-9-5-6-11(10)15-9/h8-11,15H,4-7H2,1-3H3,(H,14,17). The molecule has 0 aromatic rings. The number of carbonyl (C=O) groups excluding carboxylic acids is 2. The van der Waals surface area contributed by atoms with E-state index in [-0.39, 0.29) is 17.7 Å². The van der Waals surface area contributed by atoms with Crippen LogP contribution in [0.25, 0.3) is 0 Å². The molecule has 2 amide bonds. The van der Waals surface area contributed by atoms with Gasteiger partial charge in [0.15, 0.2) is 0 Å². The van der Waals surface area contributed by atoms with E-state index in [0.29, 0.717) is 18.6 Å². The van der Waals surface area contributed by atoms with Crippen molar-refractivity contribution in [2.45, 2.75) is 51.2 Å². The molecule has 0 aromatic carbocycles. The van der Waals surface area contributed by atoms with E-state index in [1.807, 2.05) is 6.92 Å². The average molecular weight is 253 g/mol. The Bertz CT molecular complexity index is 345. The summed E-state index contributed by atoms with van der Waals surface area (Å²) in [7, 11) is 1.75. The molecule has 0 saturated carbocycles. The van der Waals surface area contributed by atoms with Gasteiger partial charge in [-0.3, -0.25) is 9.59 Å². The predicted octanol–water partition coefficient (Wildman–Crippen LogP) is 0.110. The molecule has 2 bridgehead atoms. The van der Waals surface area contributed by atoms with Crippen LogP contribution in [0.5, 0.6) is 0 Å². The number of nitrogens with zero attached hydrogens (tertiary/aromatic N) is 1. The first-order valence-electron chi connectivity index (χ1n) is 6.84. The molecule has 4 unspecified atom stereocenters. The summed E-state index contributed by atoms with van der Waals surface area (Å²) >= 11 is 0. The topological polar surface area (TPSA) is 61.4 Å². The van der Waals surface area contributed by atoms with E-state index in [1.54, 1.807) is 18.9 Å². The van der Waals surface area contributed by atoms with Gasteiger partial charge in [-0.15, -0.1) is 0 Å². The molecular weight excluding hydrogens is 230 g/mol. The third kappa shape index (κ3) is 2.51. The molecule has 2 N–H and O–H groups in total. The molecule has 4 atom stereocenters. The van der Waals surface area contributed by atoms with Gasteiger partial charge in [-0.1, -0.05) is 0 Å². The van der Waals surface area contributed by atoms with Crippen LogP contribution in [0.3, 0.4) is 0 Å². The molecular formula is C13H23N3O2. The Balaban J connectivity index is 1.86. The quantitative estimate of drug-likeness (QED) is 0.747. The Morgan fingerprint density at radius 2 is 2.17 bits per heavy atom. The van der Waals surface area contributed by atoms with Crippen molar-refractivity contribution in [1.29, 1.82) is 0 Å². The Morgan fingerprint density at radius 3 is 2.67 bits per heavy atom. The highest BCUT2D eigenvalue weighted by molar-refractivity contribution is 5.88. The largest absolute Gasteiger partial charge is 0.344 e. The van der Waals surface area contributed by atoms with E-state index in [2.05, 4.69) is 10.6 Å². The van der Waals surface area contributed by atoms with Gasteiger partial charge in [-0.25, -0.2) is 0 Å². The number of fused-ring (bicyclic) bond motifs is 2. The molecule has 0 radical (unpaired) electrons. The summed E-state index contributed by atoms with van der Waals surface area (Å²) in [6, 6.07) is 0.401. The first-order chi connectivity index (χ1) is 8.52. The van der Waals surface area contributed by atoms with Crippen LogP contribution in [0.15, 0.2) is 0 Å². The maximum Gasteiger partial charge on any atom is 0.244 e. The molecule has 2 aliphatic rings. The lowest BCUT2D eigenvalue weighted by molar-refractivity contribution is -0.136. The summed E-state index contributed by atoms with van der Waals surface area (Å²) in [4.78, 5) is 25.6. The van der Waals surface area contributed by atoms with Gasteiger partial charge < -0.3 is 15.5 Å². The molecule has 2 fully saturated rings. The van der Waals surface area contributed by atoms with Gasteiger partial charge in [0, 0.05) is 25.7 Å². The third-order valence-electron chi connectivity index (χ3n) is 4.22. The van der Waals surface area contributed by atoms with E-state index in [1.165, 1.54) is 6.42 Å². The molecule has 0 aliphatic carbocycles. The second-order valence-electron chi connectivity index (χ2n) is 5.47. The molecule has 5 nitrogen and oxygen atoms in total. The first kappa shape index (κ1) is 13.3. The molecule has 0 spiro atoms. The van der Waals surface area contributed by atoms with E-state index in [4.69, 9.17) is 0 Å². The highest BCUT2D eigenvalue weighted by Gasteiger charge is 2.43. The van der Waals surface area contributed by atoms with Crippen LogP contribution < -0.4 is 10.6 Å².